The Morgan fingerprint density at radius 1 is 1.71 bits per heavy atom. The van der Waals surface area contributed by atoms with Gasteiger partial charge in [0.25, 0.3) is 0 Å². The van der Waals surface area contributed by atoms with E-state index in [1.54, 1.807) is 0 Å². The molecule has 0 heterocycles. The first kappa shape index (κ1) is 4.89. The number of hydrogen-bond acceptors (Lipinski definition) is 0. The van der Waals surface area contributed by atoms with E-state index in [2.05, 4.69) is 0 Å². The summed E-state index contributed by atoms with van der Waals surface area (Å²) in [6.07, 6.45) is 4.85. The van der Waals surface area contributed by atoms with Crippen LogP contribution in [0.15, 0.2) is 12.2 Å². The minimum Gasteiger partial charge on any atom is -0.0917 e. The van der Waals surface area contributed by atoms with E-state index in [9.17, 15) is 0 Å². The Hall–Kier alpha value is -0.260. The van der Waals surface area contributed by atoms with E-state index < -0.39 is 0 Å². The molecule has 0 heteroatoms. The smallest absolute Gasteiger partial charge is 0.0300 e. The molecule has 0 aliphatic rings. The molecule has 0 unspecified atom stereocenters. The van der Waals surface area contributed by atoms with Gasteiger partial charge in [-0.2, -0.15) is 0 Å². The third-order valence-corrected chi connectivity index (χ3v) is 0.762. The Morgan fingerprint density at radius 3 is 2.43 bits per heavy atom. The van der Waals surface area contributed by atoms with E-state index in [1.807, 2.05) is 32.9 Å². The second-order valence-electron chi connectivity index (χ2n) is 1.98. The highest BCUT2D eigenvalue weighted by molar-refractivity contribution is 4.77. The Bertz CT molecular complexity index is 76.9. The lowest BCUT2D eigenvalue weighted by Gasteiger charge is -1.93. The largest absolute Gasteiger partial charge is 0.0917 e. The van der Waals surface area contributed by atoms with Crippen molar-refractivity contribution in [2.24, 2.45) is 5.89 Å². The Kier molecular flexibility index (Phi) is 2.73. The molecule has 0 fully saturated rings. The van der Waals surface area contributed by atoms with E-state index in [-0.39, 0.29) is 5.89 Å². The maximum atomic E-state index is 7.38. The van der Waals surface area contributed by atoms with Gasteiger partial charge in [-0.25, -0.2) is 0 Å². The van der Waals surface area contributed by atoms with E-state index >= 15 is 0 Å². The first-order valence-corrected chi connectivity index (χ1v) is 2.67. The third kappa shape index (κ3) is 5.74. The summed E-state index contributed by atoms with van der Waals surface area (Å²) in [5, 5.41) is 0. The van der Waals surface area contributed by atoms with Gasteiger partial charge < -0.3 is 0 Å². The second kappa shape index (κ2) is 3.91. The minimum absolute atomic E-state index is 0.285. The molecule has 0 aliphatic heterocycles. The van der Waals surface area contributed by atoms with Gasteiger partial charge in [-0.15, -0.1) is 0 Å². The van der Waals surface area contributed by atoms with Crippen LogP contribution in [0.1, 0.15) is 28.6 Å². The molecule has 0 spiro atoms. The van der Waals surface area contributed by atoms with Crippen molar-refractivity contribution in [2.75, 3.05) is 0 Å². The Labute approximate surface area is 47.6 Å². The Morgan fingerprint density at radius 2 is 2.29 bits per heavy atom. The number of hydrogen-bond donors (Lipinski definition) is 0. The second-order valence-corrected chi connectivity index (χ2v) is 1.98. The number of rotatable bonds is 2. The fourth-order valence-corrected chi connectivity index (χ4v) is 0.354. The SMILES string of the molecule is [2H]C(C)(C)CC=CC. The average Bonchev–Trinajstić information content (AvgIpc) is 1.59. The van der Waals surface area contributed by atoms with Crippen LogP contribution in [-0.4, -0.2) is 0 Å². The zero-order valence-corrected chi connectivity index (χ0v) is 5.36. The monoisotopic (exact) mass is 99.1 g/mol. The zero-order chi connectivity index (χ0) is 6.62. The predicted molar refractivity (Wildman–Crippen MR) is 34.3 cm³/mol. The van der Waals surface area contributed by atoms with E-state index in [0.717, 1.165) is 6.42 Å². The molecule has 0 aromatic heterocycles. The van der Waals surface area contributed by atoms with Gasteiger partial charge >= 0.3 is 0 Å². The first-order valence-electron chi connectivity index (χ1n) is 3.17. The standard InChI is InChI=1S/C7H14/c1-4-5-6-7(2)3/h4-5,7H,6H2,1-3H3/i7D. The van der Waals surface area contributed by atoms with Gasteiger partial charge in [0.2, 0.25) is 0 Å². The molecule has 0 N–H and O–H groups in total. The molecule has 0 aliphatic carbocycles. The van der Waals surface area contributed by atoms with Crippen molar-refractivity contribution in [2.45, 2.75) is 27.2 Å². The minimum atomic E-state index is -0.285. The summed E-state index contributed by atoms with van der Waals surface area (Å²) in [7, 11) is 0. The van der Waals surface area contributed by atoms with Crippen molar-refractivity contribution in [3.8, 4) is 0 Å². The molecule has 0 aromatic carbocycles. The summed E-state index contributed by atoms with van der Waals surface area (Å²) in [5.74, 6) is -0.285. The van der Waals surface area contributed by atoms with Gasteiger partial charge in [0.1, 0.15) is 0 Å². The van der Waals surface area contributed by atoms with Gasteiger partial charge in [-0.1, -0.05) is 26.0 Å². The summed E-state index contributed by atoms with van der Waals surface area (Å²) >= 11 is 0. The lowest BCUT2D eigenvalue weighted by Crippen LogP contribution is -1.79. The van der Waals surface area contributed by atoms with E-state index in [0.29, 0.717) is 0 Å². The van der Waals surface area contributed by atoms with Crippen LogP contribution in [0.25, 0.3) is 0 Å². The van der Waals surface area contributed by atoms with Crippen molar-refractivity contribution in [3.63, 3.8) is 0 Å². The molecule has 7 heavy (non-hydrogen) atoms. The molecular formula is C7H14. The van der Waals surface area contributed by atoms with E-state index in [4.69, 9.17) is 1.37 Å². The summed E-state index contributed by atoms with van der Waals surface area (Å²) in [5.41, 5.74) is 0. The van der Waals surface area contributed by atoms with Crippen molar-refractivity contribution >= 4 is 0 Å². The summed E-state index contributed by atoms with van der Waals surface area (Å²) < 4.78 is 7.38. The van der Waals surface area contributed by atoms with Crippen LogP contribution in [0.5, 0.6) is 0 Å². The summed E-state index contributed by atoms with van der Waals surface area (Å²) in [4.78, 5) is 0. The normalized spacial score (nSPS) is 15.0. The maximum absolute atomic E-state index is 7.38. The average molecular weight is 99.2 g/mol. The molecule has 0 bridgehead atoms. The predicted octanol–water partition coefficient (Wildman–Crippen LogP) is 2.61. The highest BCUT2D eigenvalue weighted by atomic mass is 13.9. The van der Waals surface area contributed by atoms with Crippen molar-refractivity contribution in [3.05, 3.63) is 12.2 Å². The van der Waals surface area contributed by atoms with Gasteiger partial charge in [0.15, 0.2) is 0 Å². The highest BCUT2D eigenvalue weighted by Crippen LogP contribution is 1.98. The topological polar surface area (TPSA) is 0 Å². The van der Waals surface area contributed by atoms with Crippen LogP contribution in [0, 0.1) is 5.89 Å². The number of allylic oxidation sites excluding steroid dienone is 2. The van der Waals surface area contributed by atoms with Crippen molar-refractivity contribution in [1.29, 1.82) is 0 Å². The maximum Gasteiger partial charge on any atom is 0.0300 e. The lowest BCUT2D eigenvalue weighted by atomic mass is 10.1. The fourth-order valence-electron chi connectivity index (χ4n) is 0.354. The van der Waals surface area contributed by atoms with Crippen LogP contribution in [0.4, 0.5) is 0 Å². The highest BCUT2D eigenvalue weighted by Gasteiger charge is 1.83. The van der Waals surface area contributed by atoms with Gasteiger partial charge in [0.05, 0.1) is 0 Å². The van der Waals surface area contributed by atoms with Crippen LogP contribution in [0.3, 0.4) is 0 Å². The van der Waals surface area contributed by atoms with Crippen LogP contribution in [-0.2, 0) is 0 Å². The molecule has 0 aromatic rings. The third-order valence-electron chi connectivity index (χ3n) is 0.762. The lowest BCUT2D eigenvalue weighted by molar-refractivity contribution is 0.663. The molecule has 0 saturated carbocycles. The molecule has 42 valence electrons. The molecular weight excluding hydrogens is 84.1 g/mol. The molecule has 0 nitrogen and oxygen atoms in total. The van der Waals surface area contributed by atoms with Crippen molar-refractivity contribution < 1.29 is 1.37 Å². The molecule has 0 radical (unpaired) electrons. The van der Waals surface area contributed by atoms with Gasteiger partial charge in [-0.3, -0.25) is 0 Å². The molecule has 0 amide bonds. The zero-order valence-electron chi connectivity index (χ0n) is 6.36. The fraction of sp³-hybridized carbons (Fsp3) is 0.714. The van der Waals surface area contributed by atoms with Gasteiger partial charge in [-0.05, 0) is 19.2 Å². The quantitative estimate of drug-likeness (QED) is 0.467. The van der Waals surface area contributed by atoms with Gasteiger partial charge in [0, 0.05) is 1.37 Å². The Balaban J connectivity index is 3.39. The van der Waals surface area contributed by atoms with E-state index in [1.165, 1.54) is 0 Å². The summed E-state index contributed by atoms with van der Waals surface area (Å²) in [6, 6.07) is 0. The van der Waals surface area contributed by atoms with Crippen LogP contribution in [0.2, 0.25) is 0 Å². The first-order chi connectivity index (χ1) is 3.56. The van der Waals surface area contributed by atoms with Crippen LogP contribution >= 0.6 is 0 Å². The molecule has 0 rings (SSSR count). The molecule has 0 saturated heterocycles. The summed E-state index contributed by atoms with van der Waals surface area (Å²) in [6.45, 7) is 5.80. The molecule has 0 atom stereocenters. The van der Waals surface area contributed by atoms with Crippen LogP contribution < -0.4 is 0 Å². The van der Waals surface area contributed by atoms with Crippen molar-refractivity contribution in [1.82, 2.24) is 0 Å².